The van der Waals surface area contributed by atoms with Crippen LogP contribution in [0.4, 0.5) is 0 Å². The summed E-state index contributed by atoms with van der Waals surface area (Å²) in [6.45, 7) is 1.92. The van der Waals surface area contributed by atoms with E-state index in [9.17, 15) is 4.79 Å². The second kappa shape index (κ2) is 4.14. The number of aromatic nitrogens is 1. The van der Waals surface area contributed by atoms with Crippen LogP contribution in [0.1, 0.15) is 21.5 Å². The van der Waals surface area contributed by atoms with Gasteiger partial charge in [-0.15, -0.1) is 0 Å². The lowest BCUT2D eigenvalue weighted by atomic mass is 10.0. The molecule has 0 aliphatic heterocycles. The quantitative estimate of drug-likeness (QED) is 0.730. The molecule has 0 amide bonds. The molecule has 0 N–H and O–H groups in total. The van der Waals surface area contributed by atoms with Gasteiger partial charge in [-0.05, 0) is 24.6 Å². The van der Waals surface area contributed by atoms with E-state index in [2.05, 4.69) is 0 Å². The third-order valence-electron chi connectivity index (χ3n) is 2.53. The molecule has 0 fully saturated rings. The van der Waals surface area contributed by atoms with Crippen LogP contribution in [0.3, 0.4) is 0 Å². The Hall–Kier alpha value is -1.54. The molecule has 2 aromatic rings. The Morgan fingerprint density at radius 3 is 2.56 bits per heavy atom. The molecule has 0 saturated heterocycles. The van der Waals surface area contributed by atoms with Gasteiger partial charge in [-0.3, -0.25) is 4.79 Å². The highest BCUT2D eigenvalue weighted by Crippen LogP contribution is 2.19. The molecule has 0 unspecified atom stereocenters. The molecule has 16 heavy (non-hydrogen) atoms. The first-order valence-electron chi connectivity index (χ1n) is 5.01. The van der Waals surface area contributed by atoms with Crippen LogP contribution in [0, 0.1) is 6.92 Å². The minimum absolute atomic E-state index is 0.00231. The summed E-state index contributed by atoms with van der Waals surface area (Å²) in [4.78, 5) is 12.1. The summed E-state index contributed by atoms with van der Waals surface area (Å²) in [6, 6.07) is 7.18. The number of carbonyl (C=O) groups excluding carboxylic acids is 1. The van der Waals surface area contributed by atoms with Gasteiger partial charge in [-0.25, -0.2) is 0 Å². The summed E-state index contributed by atoms with van der Waals surface area (Å²) in [5.41, 5.74) is 2.29. The van der Waals surface area contributed by atoms with Crippen molar-refractivity contribution in [2.24, 2.45) is 7.05 Å². The van der Waals surface area contributed by atoms with Crippen LogP contribution in [0.25, 0.3) is 0 Å². The molecule has 0 spiro atoms. The van der Waals surface area contributed by atoms with Gasteiger partial charge in [0.15, 0.2) is 5.78 Å². The van der Waals surface area contributed by atoms with Gasteiger partial charge in [0.2, 0.25) is 0 Å². The Morgan fingerprint density at radius 2 is 2.00 bits per heavy atom. The summed E-state index contributed by atoms with van der Waals surface area (Å²) < 4.78 is 1.85. The minimum atomic E-state index is 0.00231. The Bertz CT molecular complexity index is 543. The zero-order valence-electron chi connectivity index (χ0n) is 9.20. The first-order chi connectivity index (χ1) is 7.58. The Balaban J connectivity index is 2.38. The zero-order valence-corrected chi connectivity index (χ0v) is 9.95. The van der Waals surface area contributed by atoms with Crippen molar-refractivity contribution in [3.8, 4) is 0 Å². The van der Waals surface area contributed by atoms with Crippen LogP contribution in [-0.4, -0.2) is 10.4 Å². The highest BCUT2D eigenvalue weighted by atomic mass is 35.5. The minimum Gasteiger partial charge on any atom is -0.357 e. The molecule has 0 radical (unpaired) electrons. The van der Waals surface area contributed by atoms with Gasteiger partial charge in [0.05, 0.1) is 0 Å². The van der Waals surface area contributed by atoms with Gasteiger partial charge in [0, 0.05) is 35.6 Å². The van der Waals surface area contributed by atoms with E-state index in [1.807, 2.05) is 30.8 Å². The number of aryl methyl sites for hydroxylation is 2. The van der Waals surface area contributed by atoms with Crippen molar-refractivity contribution in [3.05, 3.63) is 58.4 Å². The second-order valence-electron chi connectivity index (χ2n) is 3.86. The molecule has 3 heteroatoms. The van der Waals surface area contributed by atoms with E-state index in [0.29, 0.717) is 16.1 Å². The maximum atomic E-state index is 12.1. The molecule has 2 rings (SSSR count). The zero-order chi connectivity index (χ0) is 11.7. The summed E-state index contributed by atoms with van der Waals surface area (Å²) in [5.74, 6) is 0.00231. The van der Waals surface area contributed by atoms with E-state index < -0.39 is 0 Å². The van der Waals surface area contributed by atoms with Gasteiger partial charge in [0.1, 0.15) is 0 Å². The molecule has 0 aliphatic carbocycles. The molecule has 0 atom stereocenters. The maximum Gasteiger partial charge on any atom is 0.194 e. The number of ketones is 1. The Labute approximate surface area is 99.5 Å². The lowest BCUT2D eigenvalue weighted by Crippen LogP contribution is -2.00. The molecular formula is C13H12ClNO. The van der Waals surface area contributed by atoms with Gasteiger partial charge in [-0.1, -0.05) is 23.7 Å². The van der Waals surface area contributed by atoms with Crippen LogP contribution in [0.2, 0.25) is 5.02 Å². The predicted molar refractivity (Wildman–Crippen MR) is 65.0 cm³/mol. The van der Waals surface area contributed by atoms with Gasteiger partial charge in [-0.2, -0.15) is 0 Å². The van der Waals surface area contributed by atoms with Crippen molar-refractivity contribution < 1.29 is 4.79 Å². The van der Waals surface area contributed by atoms with Crippen molar-refractivity contribution >= 4 is 17.4 Å². The van der Waals surface area contributed by atoms with Crippen LogP contribution in [0.15, 0.2) is 36.7 Å². The van der Waals surface area contributed by atoms with Crippen molar-refractivity contribution in [3.63, 3.8) is 0 Å². The number of carbonyl (C=O) groups is 1. The molecule has 0 saturated carbocycles. The fourth-order valence-electron chi connectivity index (χ4n) is 1.54. The van der Waals surface area contributed by atoms with Crippen LogP contribution in [-0.2, 0) is 7.05 Å². The highest BCUT2D eigenvalue weighted by Gasteiger charge is 2.10. The van der Waals surface area contributed by atoms with Crippen LogP contribution >= 0.6 is 11.6 Å². The van der Waals surface area contributed by atoms with Crippen molar-refractivity contribution in [2.45, 2.75) is 6.92 Å². The first kappa shape index (κ1) is 11.0. The lowest BCUT2D eigenvalue weighted by Gasteiger charge is -2.01. The summed E-state index contributed by atoms with van der Waals surface area (Å²) in [7, 11) is 1.89. The molecule has 82 valence electrons. The van der Waals surface area contributed by atoms with E-state index in [0.717, 1.165) is 5.56 Å². The number of nitrogens with zero attached hydrogens (tertiary/aromatic N) is 1. The molecule has 1 heterocycles. The first-order valence-corrected chi connectivity index (χ1v) is 5.38. The molecule has 1 aromatic heterocycles. The SMILES string of the molecule is Cc1ccc(C(=O)c2ccn(C)c2)cc1Cl. The van der Waals surface area contributed by atoms with Crippen LogP contribution in [0.5, 0.6) is 0 Å². The largest absolute Gasteiger partial charge is 0.357 e. The van der Waals surface area contributed by atoms with Crippen molar-refractivity contribution in [1.29, 1.82) is 0 Å². The standard InChI is InChI=1S/C13H12ClNO/c1-9-3-4-10(7-12(9)14)13(16)11-5-6-15(2)8-11/h3-8H,1-2H3. The smallest absolute Gasteiger partial charge is 0.194 e. The van der Waals surface area contributed by atoms with Crippen molar-refractivity contribution in [2.75, 3.05) is 0 Å². The third-order valence-corrected chi connectivity index (χ3v) is 2.94. The van der Waals surface area contributed by atoms with Gasteiger partial charge in [0.25, 0.3) is 0 Å². The molecular weight excluding hydrogens is 222 g/mol. The normalized spacial score (nSPS) is 10.4. The highest BCUT2D eigenvalue weighted by molar-refractivity contribution is 6.31. The van der Waals surface area contributed by atoms with Gasteiger partial charge >= 0.3 is 0 Å². The summed E-state index contributed by atoms with van der Waals surface area (Å²) in [5, 5.41) is 0.627. The Morgan fingerprint density at radius 1 is 1.25 bits per heavy atom. The van der Waals surface area contributed by atoms with Gasteiger partial charge < -0.3 is 4.57 Å². The maximum absolute atomic E-state index is 12.1. The fraction of sp³-hybridized carbons (Fsp3) is 0.154. The molecule has 2 nitrogen and oxygen atoms in total. The second-order valence-corrected chi connectivity index (χ2v) is 4.27. The monoisotopic (exact) mass is 233 g/mol. The van der Waals surface area contributed by atoms with E-state index in [4.69, 9.17) is 11.6 Å². The van der Waals surface area contributed by atoms with E-state index >= 15 is 0 Å². The van der Waals surface area contributed by atoms with Crippen molar-refractivity contribution in [1.82, 2.24) is 4.57 Å². The average Bonchev–Trinajstić information content (AvgIpc) is 2.68. The number of hydrogen-bond donors (Lipinski definition) is 0. The third kappa shape index (κ3) is 2.02. The summed E-state index contributed by atoms with van der Waals surface area (Å²) >= 11 is 5.99. The van der Waals surface area contributed by atoms with Crippen LogP contribution < -0.4 is 0 Å². The number of rotatable bonds is 2. The Kier molecular flexibility index (Phi) is 2.84. The van der Waals surface area contributed by atoms with E-state index in [1.54, 1.807) is 24.4 Å². The fourth-order valence-corrected chi connectivity index (χ4v) is 1.72. The number of halogens is 1. The average molecular weight is 234 g/mol. The number of hydrogen-bond acceptors (Lipinski definition) is 1. The predicted octanol–water partition coefficient (Wildman–Crippen LogP) is 3.22. The lowest BCUT2D eigenvalue weighted by molar-refractivity contribution is 0.103. The number of benzene rings is 1. The van der Waals surface area contributed by atoms with E-state index in [-0.39, 0.29) is 5.78 Å². The summed E-state index contributed by atoms with van der Waals surface area (Å²) in [6.07, 6.45) is 3.65. The topological polar surface area (TPSA) is 22.0 Å². The molecule has 0 aliphatic rings. The van der Waals surface area contributed by atoms with E-state index in [1.165, 1.54) is 0 Å². The molecule has 0 bridgehead atoms. The molecule has 1 aromatic carbocycles.